The first-order valence-corrected chi connectivity index (χ1v) is 8.01. The van der Waals surface area contributed by atoms with E-state index in [1.54, 1.807) is 30.5 Å². The molecule has 0 unspecified atom stereocenters. The number of hydrogen-bond acceptors (Lipinski definition) is 4. The molecule has 2 N–H and O–H groups in total. The zero-order valence-electron chi connectivity index (χ0n) is 10.8. The lowest BCUT2D eigenvalue weighted by Gasteiger charge is -2.10. The standard InChI is InChI=1S/C15H11ClN2O2S/c16-11-6-2-7-12(14(11)17)21(19,20)13-8-1-4-10-5-3-9-18-15(10)13/h1-9H,17H2. The summed E-state index contributed by atoms with van der Waals surface area (Å²) < 4.78 is 25.7. The van der Waals surface area contributed by atoms with Crippen molar-refractivity contribution in [1.29, 1.82) is 0 Å². The van der Waals surface area contributed by atoms with Gasteiger partial charge < -0.3 is 5.73 Å². The number of sulfone groups is 1. The van der Waals surface area contributed by atoms with E-state index in [9.17, 15) is 8.42 Å². The van der Waals surface area contributed by atoms with Gasteiger partial charge in [-0.3, -0.25) is 4.98 Å². The molecule has 0 saturated heterocycles. The quantitative estimate of drug-likeness (QED) is 0.736. The molecule has 106 valence electrons. The van der Waals surface area contributed by atoms with Crippen LogP contribution in [0.1, 0.15) is 0 Å². The van der Waals surface area contributed by atoms with E-state index in [4.69, 9.17) is 17.3 Å². The topological polar surface area (TPSA) is 73.1 Å². The summed E-state index contributed by atoms with van der Waals surface area (Å²) in [5.74, 6) is 0. The molecule has 0 radical (unpaired) electrons. The van der Waals surface area contributed by atoms with E-state index in [0.717, 1.165) is 5.39 Å². The summed E-state index contributed by atoms with van der Waals surface area (Å²) in [6.07, 6.45) is 1.56. The van der Waals surface area contributed by atoms with E-state index in [0.29, 0.717) is 5.52 Å². The molecule has 0 aliphatic rings. The van der Waals surface area contributed by atoms with Crippen molar-refractivity contribution >= 4 is 38.0 Å². The molecule has 0 fully saturated rings. The molecule has 1 aromatic heterocycles. The van der Waals surface area contributed by atoms with Crippen LogP contribution in [0.2, 0.25) is 5.02 Å². The van der Waals surface area contributed by atoms with Crippen molar-refractivity contribution in [2.45, 2.75) is 9.79 Å². The Morgan fingerprint density at radius 3 is 2.43 bits per heavy atom. The number of benzene rings is 2. The van der Waals surface area contributed by atoms with Crippen molar-refractivity contribution in [1.82, 2.24) is 4.98 Å². The van der Waals surface area contributed by atoms with Crippen LogP contribution in [0, 0.1) is 0 Å². The van der Waals surface area contributed by atoms with E-state index >= 15 is 0 Å². The number of hydrogen-bond donors (Lipinski definition) is 1. The van der Waals surface area contributed by atoms with Gasteiger partial charge >= 0.3 is 0 Å². The van der Waals surface area contributed by atoms with Crippen molar-refractivity contribution in [3.05, 3.63) is 59.8 Å². The Kier molecular flexibility index (Phi) is 3.31. The fraction of sp³-hybridized carbons (Fsp3) is 0. The fourth-order valence-electron chi connectivity index (χ4n) is 2.16. The van der Waals surface area contributed by atoms with Gasteiger partial charge in [0.15, 0.2) is 0 Å². The largest absolute Gasteiger partial charge is 0.396 e. The first kappa shape index (κ1) is 13.9. The highest BCUT2D eigenvalue weighted by Gasteiger charge is 2.24. The summed E-state index contributed by atoms with van der Waals surface area (Å²) in [4.78, 5) is 4.29. The maximum absolute atomic E-state index is 12.8. The van der Waals surface area contributed by atoms with Gasteiger partial charge in [-0.05, 0) is 24.3 Å². The number of nitrogen functional groups attached to an aromatic ring is 1. The smallest absolute Gasteiger partial charge is 0.210 e. The maximum Gasteiger partial charge on any atom is 0.210 e. The molecule has 6 heteroatoms. The Hall–Kier alpha value is -2.11. The van der Waals surface area contributed by atoms with Crippen molar-refractivity contribution in [3.63, 3.8) is 0 Å². The van der Waals surface area contributed by atoms with Crippen molar-refractivity contribution in [2.75, 3.05) is 5.73 Å². The lowest BCUT2D eigenvalue weighted by molar-refractivity contribution is 0.597. The second kappa shape index (κ2) is 5.02. The minimum absolute atomic E-state index is 0.00634. The number of fused-ring (bicyclic) bond motifs is 1. The highest BCUT2D eigenvalue weighted by atomic mass is 35.5. The van der Waals surface area contributed by atoms with Crippen LogP contribution in [0.5, 0.6) is 0 Å². The lowest BCUT2D eigenvalue weighted by Crippen LogP contribution is -2.07. The normalized spacial score (nSPS) is 11.7. The average molecular weight is 319 g/mol. The number of anilines is 1. The van der Waals surface area contributed by atoms with Gasteiger partial charge in [-0.15, -0.1) is 0 Å². The van der Waals surface area contributed by atoms with E-state index in [1.165, 1.54) is 12.1 Å². The van der Waals surface area contributed by atoms with Crippen LogP contribution >= 0.6 is 11.6 Å². The summed E-state index contributed by atoms with van der Waals surface area (Å²) in [7, 11) is -3.79. The van der Waals surface area contributed by atoms with E-state index in [2.05, 4.69) is 4.98 Å². The zero-order chi connectivity index (χ0) is 15.0. The summed E-state index contributed by atoms with van der Waals surface area (Å²) in [6, 6.07) is 13.1. The van der Waals surface area contributed by atoms with Crippen molar-refractivity contribution in [2.24, 2.45) is 0 Å². The van der Waals surface area contributed by atoms with E-state index in [1.807, 2.05) is 12.1 Å². The van der Waals surface area contributed by atoms with Crippen LogP contribution in [0.3, 0.4) is 0 Å². The second-order valence-electron chi connectivity index (χ2n) is 4.49. The molecule has 0 atom stereocenters. The van der Waals surface area contributed by atoms with E-state index in [-0.39, 0.29) is 20.5 Å². The van der Waals surface area contributed by atoms with Crippen LogP contribution in [-0.2, 0) is 9.84 Å². The number of para-hydroxylation sites is 2. The number of nitrogens with two attached hydrogens (primary N) is 1. The molecule has 3 aromatic rings. The highest BCUT2D eigenvalue weighted by molar-refractivity contribution is 7.92. The molecule has 0 aliphatic carbocycles. The minimum atomic E-state index is -3.79. The third-order valence-electron chi connectivity index (χ3n) is 3.19. The van der Waals surface area contributed by atoms with Crippen LogP contribution in [-0.4, -0.2) is 13.4 Å². The van der Waals surface area contributed by atoms with Crippen LogP contribution in [0.15, 0.2) is 64.5 Å². The van der Waals surface area contributed by atoms with Gasteiger partial charge in [-0.1, -0.05) is 35.9 Å². The molecule has 0 aliphatic heterocycles. The monoisotopic (exact) mass is 318 g/mol. The van der Waals surface area contributed by atoms with Crippen molar-refractivity contribution < 1.29 is 8.42 Å². The molecule has 2 aromatic carbocycles. The first-order valence-electron chi connectivity index (χ1n) is 6.14. The molecule has 4 nitrogen and oxygen atoms in total. The Bertz CT molecular complexity index is 934. The Morgan fingerprint density at radius 1 is 0.952 bits per heavy atom. The predicted octanol–water partition coefficient (Wildman–Crippen LogP) is 3.30. The summed E-state index contributed by atoms with van der Waals surface area (Å²) >= 11 is 5.92. The van der Waals surface area contributed by atoms with Gasteiger partial charge in [0.2, 0.25) is 9.84 Å². The number of pyridine rings is 1. The van der Waals surface area contributed by atoms with E-state index < -0.39 is 9.84 Å². The lowest BCUT2D eigenvalue weighted by atomic mass is 10.2. The number of aromatic nitrogens is 1. The first-order chi connectivity index (χ1) is 10.0. The number of halogens is 1. The molecular formula is C15H11ClN2O2S. The number of nitrogens with zero attached hydrogens (tertiary/aromatic N) is 1. The van der Waals surface area contributed by atoms with Gasteiger partial charge in [0.1, 0.15) is 0 Å². The van der Waals surface area contributed by atoms with Gasteiger partial charge in [-0.2, -0.15) is 0 Å². The molecular weight excluding hydrogens is 308 g/mol. The summed E-state index contributed by atoms with van der Waals surface area (Å²) in [6.45, 7) is 0. The Labute approximate surface area is 127 Å². The molecule has 0 saturated carbocycles. The molecule has 3 rings (SSSR count). The highest BCUT2D eigenvalue weighted by Crippen LogP contribution is 2.33. The fourth-order valence-corrected chi connectivity index (χ4v) is 3.97. The molecule has 0 bridgehead atoms. The van der Waals surface area contributed by atoms with Gasteiger partial charge in [0.25, 0.3) is 0 Å². The summed E-state index contributed by atoms with van der Waals surface area (Å²) in [5, 5.41) is 0.962. The molecule has 21 heavy (non-hydrogen) atoms. The third-order valence-corrected chi connectivity index (χ3v) is 5.36. The summed E-state index contributed by atoms with van der Waals surface area (Å²) in [5.41, 5.74) is 6.28. The molecule has 0 spiro atoms. The SMILES string of the molecule is Nc1c(Cl)cccc1S(=O)(=O)c1cccc2cccnc12. The predicted molar refractivity (Wildman–Crippen MR) is 83.1 cm³/mol. The third kappa shape index (κ3) is 2.24. The zero-order valence-corrected chi connectivity index (χ0v) is 12.4. The van der Waals surface area contributed by atoms with Crippen molar-refractivity contribution in [3.8, 4) is 0 Å². The second-order valence-corrected chi connectivity index (χ2v) is 6.78. The molecule has 0 amide bonds. The van der Waals surface area contributed by atoms with Gasteiger partial charge in [-0.25, -0.2) is 8.42 Å². The van der Waals surface area contributed by atoms with Crippen LogP contribution in [0.4, 0.5) is 5.69 Å². The minimum Gasteiger partial charge on any atom is -0.396 e. The number of rotatable bonds is 2. The van der Waals surface area contributed by atoms with Gasteiger partial charge in [0.05, 0.1) is 26.0 Å². The Morgan fingerprint density at radius 2 is 1.62 bits per heavy atom. The maximum atomic E-state index is 12.8. The average Bonchev–Trinajstić information content (AvgIpc) is 2.49. The van der Waals surface area contributed by atoms with Crippen LogP contribution in [0.25, 0.3) is 10.9 Å². The van der Waals surface area contributed by atoms with Crippen LogP contribution < -0.4 is 5.73 Å². The molecule has 1 heterocycles. The Balaban J connectivity index is 2.34. The van der Waals surface area contributed by atoms with Gasteiger partial charge in [0, 0.05) is 11.6 Å².